The number of hydrogen-bond donors (Lipinski definition) is 3. The van der Waals surface area contributed by atoms with Gasteiger partial charge in [-0.3, -0.25) is 4.79 Å². The number of hydrogen-bond acceptors (Lipinski definition) is 3. The van der Waals surface area contributed by atoms with Crippen LogP contribution in [0.15, 0.2) is 30.9 Å². The summed E-state index contributed by atoms with van der Waals surface area (Å²) in [6, 6.07) is 4.10. The SMILES string of the molecule is O=C(NC1CCCC1)c1cc(-c2ncnc3[nH]ccc23)c[nH]1.[HH]. The van der Waals surface area contributed by atoms with E-state index in [1.165, 1.54) is 19.2 Å². The van der Waals surface area contributed by atoms with Crippen LogP contribution in [0.25, 0.3) is 22.3 Å². The van der Waals surface area contributed by atoms with Crippen molar-refractivity contribution in [1.29, 1.82) is 0 Å². The van der Waals surface area contributed by atoms with Gasteiger partial charge in [0.05, 0.1) is 5.69 Å². The molecule has 1 fully saturated rings. The summed E-state index contributed by atoms with van der Waals surface area (Å²) < 4.78 is 0. The van der Waals surface area contributed by atoms with Gasteiger partial charge in [-0.25, -0.2) is 9.97 Å². The smallest absolute Gasteiger partial charge is 0.267 e. The Balaban J connectivity index is 0.00000156. The fraction of sp³-hybridized carbons (Fsp3) is 0.312. The molecule has 0 spiro atoms. The van der Waals surface area contributed by atoms with E-state index in [1.807, 2.05) is 24.5 Å². The molecule has 6 heteroatoms. The Morgan fingerprint density at radius 3 is 3.00 bits per heavy atom. The lowest BCUT2D eigenvalue weighted by Crippen LogP contribution is -2.32. The molecule has 3 aromatic heterocycles. The van der Waals surface area contributed by atoms with Crippen LogP contribution in [0.3, 0.4) is 0 Å². The van der Waals surface area contributed by atoms with Gasteiger partial charge in [0.1, 0.15) is 17.7 Å². The second-order valence-corrected chi connectivity index (χ2v) is 5.72. The quantitative estimate of drug-likeness (QED) is 0.694. The summed E-state index contributed by atoms with van der Waals surface area (Å²) in [6.45, 7) is 0. The van der Waals surface area contributed by atoms with Gasteiger partial charge in [-0.2, -0.15) is 0 Å². The Bertz CT molecular complexity index is 819. The number of rotatable bonds is 3. The second-order valence-electron chi connectivity index (χ2n) is 5.72. The molecule has 0 bridgehead atoms. The Morgan fingerprint density at radius 2 is 2.14 bits per heavy atom. The molecule has 0 unspecified atom stereocenters. The van der Waals surface area contributed by atoms with E-state index < -0.39 is 0 Å². The van der Waals surface area contributed by atoms with Gasteiger partial charge in [0.25, 0.3) is 5.91 Å². The molecule has 0 saturated heterocycles. The summed E-state index contributed by atoms with van der Waals surface area (Å²) in [5, 5.41) is 4.03. The lowest BCUT2D eigenvalue weighted by molar-refractivity contribution is 0.0933. The molecule has 3 aromatic rings. The first-order chi connectivity index (χ1) is 10.8. The maximum absolute atomic E-state index is 12.3. The first-order valence-electron chi connectivity index (χ1n) is 7.59. The molecule has 1 aliphatic carbocycles. The van der Waals surface area contributed by atoms with Crippen molar-refractivity contribution in [2.75, 3.05) is 0 Å². The van der Waals surface area contributed by atoms with Crippen LogP contribution in [0.1, 0.15) is 37.6 Å². The van der Waals surface area contributed by atoms with Gasteiger partial charge in [0, 0.05) is 30.8 Å². The van der Waals surface area contributed by atoms with Crippen LogP contribution in [-0.4, -0.2) is 31.9 Å². The van der Waals surface area contributed by atoms with Crippen molar-refractivity contribution in [3.8, 4) is 11.3 Å². The second kappa shape index (κ2) is 5.29. The van der Waals surface area contributed by atoms with Crippen LogP contribution >= 0.6 is 0 Å². The number of aromatic nitrogens is 4. The van der Waals surface area contributed by atoms with Crippen LogP contribution in [0.5, 0.6) is 0 Å². The molecular weight excluding hydrogens is 278 g/mol. The molecule has 1 aliphatic rings. The first kappa shape index (κ1) is 13.1. The third kappa shape index (κ3) is 2.26. The minimum absolute atomic E-state index is 0. The molecule has 22 heavy (non-hydrogen) atoms. The average molecular weight is 297 g/mol. The van der Waals surface area contributed by atoms with Crippen LogP contribution < -0.4 is 5.32 Å². The Kier molecular flexibility index (Phi) is 3.14. The van der Waals surface area contributed by atoms with E-state index in [9.17, 15) is 4.79 Å². The highest BCUT2D eigenvalue weighted by molar-refractivity contribution is 5.96. The van der Waals surface area contributed by atoms with E-state index in [-0.39, 0.29) is 7.33 Å². The normalized spacial score (nSPS) is 15.5. The minimum Gasteiger partial charge on any atom is -0.357 e. The summed E-state index contributed by atoms with van der Waals surface area (Å²) in [5.74, 6) is -0.0440. The zero-order chi connectivity index (χ0) is 14.9. The van der Waals surface area contributed by atoms with Gasteiger partial charge in [0.2, 0.25) is 0 Å². The summed E-state index contributed by atoms with van der Waals surface area (Å²) >= 11 is 0. The Labute approximate surface area is 128 Å². The summed E-state index contributed by atoms with van der Waals surface area (Å²) in [7, 11) is 0. The van der Waals surface area contributed by atoms with Gasteiger partial charge >= 0.3 is 0 Å². The average Bonchev–Trinajstić information content (AvgIpc) is 3.27. The summed E-state index contributed by atoms with van der Waals surface area (Å²) in [4.78, 5) is 26.9. The number of H-pyrrole nitrogens is 2. The molecule has 6 nitrogen and oxygen atoms in total. The Morgan fingerprint density at radius 1 is 1.27 bits per heavy atom. The van der Waals surface area contributed by atoms with Crippen molar-refractivity contribution < 1.29 is 6.22 Å². The molecule has 0 aromatic carbocycles. The fourth-order valence-corrected chi connectivity index (χ4v) is 3.10. The summed E-state index contributed by atoms with van der Waals surface area (Å²) in [5.41, 5.74) is 3.08. The van der Waals surface area contributed by atoms with E-state index >= 15 is 0 Å². The number of aromatic amines is 2. The van der Waals surface area contributed by atoms with Gasteiger partial charge in [0.15, 0.2) is 0 Å². The zero-order valence-corrected chi connectivity index (χ0v) is 12.1. The van der Waals surface area contributed by atoms with Gasteiger partial charge in [-0.1, -0.05) is 12.8 Å². The van der Waals surface area contributed by atoms with Crippen molar-refractivity contribution in [2.45, 2.75) is 31.7 Å². The molecule has 0 radical (unpaired) electrons. The molecular formula is C16H19N5O. The largest absolute Gasteiger partial charge is 0.357 e. The van der Waals surface area contributed by atoms with Gasteiger partial charge in [-0.05, 0) is 25.0 Å². The lowest BCUT2D eigenvalue weighted by Gasteiger charge is -2.10. The number of nitrogens with zero attached hydrogens (tertiary/aromatic N) is 2. The van der Waals surface area contributed by atoms with Crippen molar-refractivity contribution >= 4 is 16.9 Å². The third-order valence-corrected chi connectivity index (χ3v) is 4.25. The number of amides is 1. The van der Waals surface area contributed by atoms with E-state index in [0.29, 0.717) is 11.7 Å². The molecule has 114 valence electrons. The highest BCUT2D eigenvalue weighted by Gasteiger charge is 2.19. The molecule has 1 amide bonds. The lowest BCUT2D eigenvalue weighted by atomic mass is 10.1. The van der Waals surface area contributed by atoms with Crippen molar-refractivity contribution in [3.63, 3.8) is 0 Å². The molecule has 4 rings (SSSR count). The topological polar surface area (TPSA) is 86.5 Å². The van der Waals surface area contributed by atoms with Gasteiger partial charge in [-0.15, -0.1) is 0 Å². The van der Waals surface area contributed by atoms with Gasteiger partial charge < -0.3 is 15.3 Å². The van der Waals surface area contributed by atoms with Crippen LogP contribution in [-0.2, 0) is 0 Å². The molecule has 3 heterocycles. The summed E-state index contributed by atoms with van der Waals surface area (Å²) in [6.07, 6.45) is 9.74. The first-order valence-corrected chi connectivity index (χ1v) is 7.59. The van der Waals surface area contributed by atoms with Crippen LogP contribution in [0, 0.1) is 0 Å². The predicted molar refractivity (Wildman–Crippen MR) is 85.5 cm³/mol. The highest BCUT2D eigenvalue weighted by atomic mass is 16.1. The molecule has 0 atom stereocenters. The maximum Gasteiger partial charge on any atom is 0.267 e. The predicted octanol–water partition coefficient (Wildman–Crippen LogP) is 2.87. The molecule has 3 N–H and O–H groups in total. The Hall–Kier alpha value is -2.63. The minimum atomic E-state index is -0.0440. The fourth-order valence-electron chi connectivity index (χ4n) is 3.10. The van der Waals surface area contributed by atoms with Crippen molar-refractivity contribution in [1.82, 2.24) is 25.3 Å². The van der Waals surface area contributed by atoms with Crippen molar-refractivity contribution in [3.05, 3.63) is 36.5 Å². The van der Waals surface area contributed by atoms with E-state index in [1.54, 1.807) is 0 Å². The highest BCUT2D eigenvalue weighted by Crippen LogP contribution is 2.25. The standard InChI is InChI=1S/C16H17N5O.H2/c22-16(21-11-3-1-2-4-11)13-7-10(8-18-13)14-12-5-6-17-15(12)20-9-19-14;/h5-9,11,18H,1-4H2,(H,21,22)(H,17,19,20);1H. The monoisotopic (exact) mass is 297 g/mol. The van der Waals surface area contributed by atoms with Crippen molar-refractivity contribution in [2.24, 2.45) is 0 Å². The van der Waals surface area contributed by atoms with E-state index in [2.05, 4.69) is 25.3 Å². The molecule has 0 aliphatic heterocycles. The number of carbonyl (C=O) groups excluding carboxylic acids is 1. The number of carbonyl (C=O) groups is 1. The van der Waals surface area contributed by atoms with Crippen LogP contribution in [0.4, 0.5) is 0 Å². The van der Waals surface area contributed by atoms with E-state index in [4.69, 9.17) is 0 Å². The van der Waals surface area contributed by atoms with E-state index in [0.717, 1.165) is 35.1 Å². The number of nitrogens with one attached hydrogen (secondary N) is 3. The number of fused-ring (bicyclic) bond motifs is 1. The third-order valence-electron chi connectivity index (χ3n) is 4.25. The maximum atomic E-state index is 12.3. The van der Waals surface area contributed by atoms with Crippen LogP contribution in [0.2, 0.25) is 0 Å². The molecule has 1 saturated carbocycles. The zero-order valence-electron chi connectivity index (χ0n) is 12.1.